The Morgan fingerprint density at radius 2 is 2.27 bits per heavy atom. The van der Waals surface area contributed by atoms with Crippen LogP contribution in [0.25, 0.3) is 0 Å². The summed E-state index contributed by atoms with van der Waals surface area (Å²) in [7, 11) is 0. The molecule has 15 heavy (non-hydrogen) atoms. The molecule has 0 bridgehead atoms. The molecule has 0 aliphatic rings. The van der Waals surface area contributed by atoms with Crippen LogP contribution in [0.4, 0.5) is 0 Å². The summed E-state index contributed by atoms with van der Waals surface area (Å²) < 4.78 is 5.23. The van der Waals surface area contributed by atoms with E-state index in [1.807, 2.05) is 6.92 Å². The number of carbonyl (C=O) groups is 1. The molecule has 0 amide bonds. The molecule has 3 nitrogen and oxygen atoms in total. The molecule has 0 aliphatic heterocycles. The normalized spacial score (nSPS) is 9.73. The highest BCUT2D eigenvalue weighted by atomic mass is 35.5. The number of benzene rings is 1. The van der Waals surface area contributed by atoms with E-state index in [1.165, 1.54) is 6.07 Å². The lowest BCUT2D eigenvalue weighted by Gasteiger charge is -2.08. The minimum atomic E-state index is -1.02. The van der Waals surface area contributed by atoms with Crippen molar-refractivity contribution in [3.05, 3.63) is 40.9 Å². The van der Waals surface area contributed by atoms with Gasteiger partial charge >= 0.3 is 5.97 Å². The molecular formula is C11H11ClO3. The number of carboxylic acid groups (broad SMARTS) is 1. The fourth-order valence-corrected chi connectivity index (χ4v) is 1.14. The van der Waals surface area contributed by atoms with E-state index >= 15 is 0 Å². The van der Waals surface area contributed by atoms with Gasteiger partial charge in [-0.25, -0.2) is 4.79 Å². The second-order valence-corrected chi connectivity index (χ2v) is 3.65. The van der Waals surface area contributed by atoms with Crippen molar-refractivity contribution in [3.63, 3.8) is 0 Å². The highest BCUT2D eigenvalue weighted by molar-refractivity contribution is 6.29. The molecule has 0 fully saturated rings. The number of carboxylic acids is 1. The minimum absolute atomic E-state index is 0.102. The molecule has 1 aromatic rings. The van der Waals surface area contributed by atoms with Gasteiger partial charge in [-0.1, -0.05) is 24.2 Å². The predicted octanol–water partition coefficient (Wildman–Crippen LogP) is 2.82. The third kappa shape index (κ3) is 3.29. The Bertz CT molecular complexity index is 399. The monoisotopic (exact) mass is 226 g/mol. The van der Waals surface area contributed by atoms with Gasteiger partial charge < -0.3 is 9.84 Å². The van der Waals surface area contributed by atoms with Crippen LogP contribution < -0.4 is 4.74 Å². The Labute approximate surface area is 92.9 Å². The van der Waals surface area contributed by atoms with E-state index < -0.39 is 5.97 Å². The van der Waals surface area contributed by atoms with Gasteiger partial charge in [0.15, 0.2) is 0 Å². The molecule has 0 spiro atoms. The Balaban J connectivity index is 2.96. The zero-order chi connectivity index (χ0) is 11.4. The summed E-state index contributed by atoms with van der Waals surface area (Å²) in [6.07, 6.45) is 0. The van der Waals surface area contributed by atoms with Crippen molar-refractivity contribution >= 4 is 17.6 Å². The molecule has 0 aromatic heterocycles. The van der Waals surface area contributed by atoms with Crippen molar-refractivity contribution in [1.82, 2.24) is 0 Å². The first-order valence-electron chi connectivity index (χ1n) is 4.30. The van der Waals surface area contributed by atoms with E-state index in [0.29, 0.717) is 10.8 Å². The number of aryl methyl sites for hydroxylation is 1. The van der Waals surface area contributed by atoms with E-state index in [0.717, 1.165) is 5.56 Å². The molecule has 1 N–H and O–H groups in total. The topological polar surface area (TPSA) is 46.5 Å². The zero-order valence-corrected chi connectivity index (χ0v) is 9.04. The maximum atomic E-state index is 10.8. The van der Waals surface area contributed by atoms with Crippen LogP contribution in [0, 0.1) is 6.92 Å². The predicted molar refractivity (Wildman–Crippen MR) is 58.6 cm³/mol. The molecular weight excluding hydrogens is 216 g/mol. The SMILES string of the molecule is C=C(Cl)COc1cc(C)ccc1C(=O)O. The van der Waals surface area contributed by atoms with Gasteiger partial charge in [-0.3, -0.25) is 0 Å². The number of halogens is 1. The van der Waals surface area contributed by atoms with E-state index in [2.05, 4.69) is 6.58 Å². The Hall–Kier alpha value is -1.48. The van der Waals surface area contributed by atoms with Crippen LogP contribution in [-0.2, 0) is 0 Å². The molecule has 0 aliphatic carbocycles. The smallest absolute Gasteiger partial charge is 0.339 e. The maximum Gasteiger partial charge on any atom is 0.339 e. The van der Waals surface area contributed by atoms with Crippen molar-refractivity contribution in [3.8, 4) is 5.75 Å². The van der Waals surface area contributed by atoms with Crippen molar-refractivity contribution < 1.29 is 14.6 Å². The Morgan fingerprint density at radius 3 is 2.80 bits per heavy atom. The lowest BCUT2D eigenvalue weighted by atomic mass is 10.1. The van der Waals surface area contributed by atoms with Crippen molar-refractivity contribution in [2.45, 2.75) is 6.92 Å². The number of rotatable bonds is 4. The van der Waals surface area contributed by atoms with E-state index in [9.17, 15) is 4.79 Å². The van der Waals surface area contributed by atoms with Gasteiger partial charge in [0.1, 0.15) is 17.9 Å². The summed E-state index contributed by atoms with van der Waals surface area (Å²) in [5.74, 6) is -0.713. The van der Waals surface area contributed by atoms with E-state index in [4.69, 9.17) is 21.4 Å². The molecule has 1 aromatic carbocycles. The molecule has 0 atom stereocenters. The summed E-state index contributed by atoms with van der Waals surface area (Å²) in [6.45, 7) is 5.42. The van der Waals surface area contributed by atoms with Gasteiger partial charge in [-0.2, -0.15) is 0 Å². The van der Waals surface area contributed by atoms with Crippen LogP contribution in [0.5, 0.6) is 5.75 Å². The van der Waals surface area contributed by atoms with Crippen LogP contribution in [0.15, 0.2) is 29.8 Å². The molecule has 1 rings (SSSR count). The summed E-state index contributed by atoms with van der Waals surface area (Å²) in [5, 5.41) is 9.21. The van der Waals surface area contributed by atoms with Gasteiger partial charge in [0.2, 0.25) is 0 Å². The first kappa shape index (κ1) is 11.6. The maximum absolute atomic E-state index is 10.8. The molecule has 0 saturated carbocycles. The summed E-state index contributed by atoms with van der Waals surface area (Å²) in [5.41, 5.74) is 1.05. The van der Waals surface area contributed by atoms with Gasteiger partial charge in [-0.15, -0.1) is 0 Å². The van der Waals surface area contributed by atoms with Gasteiger partial charge in [0.25, 0.3) is 0 Å². The van der Waals surface area contributed by atoms with Crippen LogP contribution in [0.3, 0.4) is 0 Å². The molecule has 4 heteroatoms. The third-order valence-corrected chi connectivity index (χ3v) is 1.86. The average molecular weight is 227 g/mol. The number of hydrogen-bond acceptors (Lipinski definition) is 2. The quantitative estimate of drug-likeness (QED) is 0.859. The van der Waals surface area contributed by atoms with Crippen LogP contribution >= 0.6 is 11.6 Å². The zero-order valence-electron chi connectivity index (χ0n) is 8.29. The van der Waals surface area contributed by atoms with Crippen LogP contribution in [0.2, 0.25) is 0 Å². The van der Waals surface area contributed by atoms with Crippen molar-refractivity contribution in [2.75, 3.05) is 6.61 Å². The molecule has 80 valence electrons. The van der Waals surface area contributed by atoms with Crippen molar-refractivity contribution in [2.24, 2.45) is 0 Å². The number of hydrogen-bond donors (Lipinski definition) is 1. The molecule has 0 saturated heterocycles. The molecule has 0 unspecified atom stereocenters. The Kier molecular flexibility index (Phi) is 3.74. The van der Waals surface area contributed by atoms with Gasteiger partial charge in [-0.05, 0) is 24.6 Å². The first-order valence-corrected chi connectivity index (χ1v) is 4.68. The van der Waals surface area contributed by atoms with E-state index in [-0.39, 0.29) is 12.2 Å². The summed E-state index contributed by atoms with van der Waals surface area (Å²) >= 11 is 5.53. The lowest BCUT2D eigenvalue weighted by molar-refractivity contribution is 0.0692. The second kappa shape index (κ2) is 4.84. The second-order valence-electron chi connectivity index (χ2n) is 3.11. The first-order chi connectivity index (χ1) is 7.00. The fraction of sp³-hybridized carbons (Fsp3) is 0.182. The summed E-state index contributed by atoms with van der Waals surface area (Å²) in [6, 6.07) is 4.87. The Morgan fingerprint density at radius 1 is 1.60 bits per heavy atom. The molecule has 0 heterocycles. The van der Waals surface area contributed by atoms with Crippen LogP contribution in [0.1, 0.15) is 15.9 Å². The van der Waals surface area contributed by atoms with Crippen molar-refractivity contribution in [1.29, 1.82) is 0 Å². The summed E-state index contributed by atoms with van der Waals surface area (Å²) in [4.78, 5) is 10.8. The van der Waals surface area contributed by atoms with E-state index in [1.54, 1.807) is 12.1 Å². The largest absolute Gasteiger partial charge is 0.487 e. The standard InChI is InChI=1S/C11H11ClO3/c1-7-3-4-9(11(13)14)10(5-7)15-6-8(2)12/h3-5H,2,6H2,1H3,(H,13,14). The van der Waals surface area contributed by atoms with Gasteiger partial charge in [0, 0.05) is 5.03 Å². The average Bonchev–Trinajstić information content (AvgIpc) is 2.14. The highest BCUT2D eigenvalue weighted by Gasteiger charge is 2.11. The van der Waals surface area contributed by atoms with Gasteiger partial charge in [0.05, 0.1) is 0 Å². The third-order valence-electron chi connectivity index (χ3n) is 1.75. The fourth-order valence-electron chi connectivity index (χ4n) is 1.08. The number of aromatic carboxylic acids is 1. The number of ether oxygens (including phenoxy) is 1. The highest BCUT2D eigenvalue weighted by Crippen LogP contribution is 2.21. The minimum Gasteiger partial charge on any atom is -0.487 e. The van der Waals surface area contributed by atoms with Crippen LogP contribution in [-0.4, -0.2) is 17.7 Å². The lowest BCUT2D eigenvalue weighted by Crippen LogP contribution is -2.04. The molecule has 0 radical (unpaired) electrons.